The number of carbonyl (C=O) groups is 1. The van der Waals surface area contributed by atoms with Crippen LogP contribution in [0.15, 0.2) is 30.3 Å². The number of carbonyl (C=O) groups excluding carboxylic acids is 1. The Hall–Kier alpha value is -1.39. The number of rotatable bonds is 5. The van der Waals surface area contributed by atoms with Crippen LogP contribution in [0.5, 0.6) is 0 Å². The first-order chi connectivity index (χ1) is 10.1. The molecular weight excluding hydrogens is 262 g/mol. The fraction of sp³-hybridized carbons (Fsp3) is 0.588. The van der Waals surface area contributed by atoms with Crippen LogP contribution < -0.4 is 11.1 Å². The molecule has 1 fully saturated rings. The van der Waals surface area contributed by atoms with Gasteiger partial charge in [0.25, 0.3) is 0 Å². The van der Waals surface area contributed by atoms with Crippen LogP contribution in [0.1, 0.15) is 38.2 Å². The lowest BCUT2D eigenvalue weighted by Gasteiger charge is -2.35. The van der Waals surface area contributed by atoms with Gasteiger partial charge in [0.2, 0.25) is 5.91 Å². The van der Waals surface area contributed by atoms with E-state index in [-0.39, 0.29) is 5.91 Å². The van der Waals surface area contributed by atoms with Crippen molar-refractivity contribution in [2.24, 2.45) is 5.73 Å². The van der Waals surface area contributed by atoms with E-state index in [0.717, 1.165) is 32.2 Å². The predicted molar refractivity (Wildman–Crippen MR) is 85.7 cm³/mol. The third kappa shape index (κ3) is 4.83. The average Bonchev–Trinajstić information content (AvgIpc) is 2.48. The monoisotopic (exact) mass is 289 g/mol. The van der Waals surface area contributed by atoms with Gasteiger partial charge >= 0.3 is 0 Å². The summed E-state index contributed by atoms with van der Waals surface area (Å²) in [7, 11) is 2.19. The van der Waals surface area contributed by atoms with Crippen molar-refractivity contribution in [3.8, 4) is 0 Å². The van der Waals surface area contributed by atoms with Crippen molar-refractivity contribution in [2.45, 2.75) is 57.3 Å². The Morgan fingerprint density at radius 3 is 2.48 bits per heavy atom. The molecule has 0 aromatic heterocycles. The Morgan fingerprint density at radius 2 is 1.90 bits per heavy atom. The van der Waals surface area contributed by atoms with E-state index in [1.807, 2.05) is 0 Å². The molecule has 4 heteroatoms. The maximum Gasteiger partial charge on any atom is 0.236 e. The molecule has 1 aliphatic carbocycles. The second-order valence-electron chi connectivity index (χ2n) is 6.20. The van der Waals surface area contributed by atoms with Crippen LogP contribution >= 0.6 is 0 Å². The van der Waals surface area contributed by atoms with Crippen LogP contribution in [-0.2, 0) is 11.3 Å². The molecule has 0 spiro atoms. The van der Waals surface area contributed by atoms with E-state index in [9.17, 15) is 4.79 Å². The summed E-state index contributed by atoms with van der Waals surface area (Å²) in [6.07, 6.45) is 4.35. The van der Waals surface area contributed by atoms with Gasteiger partial charge in [-0.05, 0) is 45.2 Å². The zero-order valence-electron chi connectivity index (χ0n) is 13.1. The van der Waals surface area contributed by atoms with E-state index < -0.39 is 6.04 Å². The van der Waals surface area contributed by atoms with Crippen molar-refractivity contribution in [1.82, 2.24) is 10.2 Å². The van der Waals surface area contributed by atoms with Gasteiger partial charge in [-0.15, -0.1) is 0 Å². The summed E-state index contributed by atoms with van der Waals surface area (Å²) in [4.78, 5) is 14.1. The number of amides is 1. The molecule has 1 unspecified atom stereocenters. The first kappa shape index (κ1) is 16.0. The highest BCUT2D eigenvalue weighted by Gasteiger charge is 2.25. The highest BCUT2D eigenvalue weighted by Crippen LogP contribution is 2.23. The van der Waals surface area contributed by atoms with Crippen molar-refractivity contribution in [3.63, 3.8) is 0 Å². The Morgan fingerprint density at radius 1 is 1.29 bits per heavy atom. The van der Waals surface area contributed by atoms with Gasteiger partial charge in [-0.2, -0.15) is 0 Å². The van der Waals surface area contributed by atoms with E-state index in [2.05, 4.69) is 47.6 Å². The highest BCUT2D eigenvalue weighted by atomic mass is 16.2. The first-order valence-corrected chi connectivity index (χ1v) is 7.86. The Kier molecular flexibility index (Phi) is 5.76. The summed E-state index contributed by atoms with van der Waals surface area (Å²) in [5.74, 6) is -0.0314. The standard InChI is InChI=1S/C17H27N3O/c1-13(18)17(21)19-15-8-10-16(11-9-15)20(2)12-14-6-4-3-5-7-14/h3-7,13,15-16H,8-12,18H2,1-2H3,(H,19,21). The summed E-state index contributed by atoms with van der Waals surface area (Å²) in [5.41, 5.74) is 6.95. The summed E-state index contributed by atoms with van der Waals surface area (Å²) < 4.78 is 0. The van der Waals surface area contributed by atoms with E-state index in [1.165, 1.54) is 5.56 Å². The SMILES string of the molecule is CC(N)C(=O)NC1CCC(N(C)Cc2ccccc2)CC1. The van der Waals surface area contributed by atoms with Gasteiger partial charge in [0.1, 0.15) is 0 Å². The number of hydrogen-bond donors (Lipinski definition) is 2. The molecule has 1 atom stereocenters. The van der Waals surface area contributed by atoms with E-state index in [0.29, 0.717) is 12.1 Å². The molecule has 0 aliphatic heterocycles. The normalized spacial score (nSPS) is 23.8. The molecule has 3 N–H and O–H groups in total. The third-order valence-electron chi connectivity index (χ3n) is 4.35. The summed E-state index contributed by atoms with van der Waals surface area (Å²) >= 11 is 0. The van der Waals surface area contributed by atoms with Gasteiger partial charge in [0, 0.05) is 18.6 Å². The molecule has 4 nitrogen and oxygen atoms in total. The molecule has 1 aromatic rings. The van der Waals surface area contributed by atoms with Crippen molar-refractivity contribution >= 4 is 5.91 Å². The van der Waals surface area contributed by atoms with Crippen molar-refractivity contribution in [2.75, 3.05) is 7.05 Å². The molecular formula is C17H27N3O. The van der Waals surface area contributed by atoms with Gasteiger partial charge < -0.3 is 11.1 Å². The van der Waals surface area contributed by atoms with E-state index in [4.69, 9.17) is 5.73 Å². The molecule has 2 rings (SSSR count). The Bertz CT molecular complexity index is 439. The van der Waals surface area contributed by atoms with Gasteiger partial charge in [0.15, 0.2) is 0 Å². The molecule has 21 heavy (non-hydrogen) atoms. The lowest BCUT2D eigenvalue weighted by Crippen LogP contribution is -2.47. The Labute approximate surface area is 127 Å². The highest BCUT2D eigenvalue weighted by molar-refractivity contribution is 5.81. The van der Waals surface area contributed by atoms with Crippen LogP contribution in [0.25, 0.3) is 0 Å². The molecule has 1 amide bonds. The van der Waals surface area contributed by atoms with Crippen molar-refractivity contribution < 1.29 is 4.79 Å². The molecule has 1 saturated carbocycles. The van der Waals surface area contributed by atoms with Gasteiger partial charge in [0.05, 0.1) is 6.04 Å². The zero-order chi connectivity index (χ0) is 15.2. The lowest BCUT2D eigenvalue weighted by molar-refractivity contribution is -0.123. The molecule has 1 aromatic carbocycles. The second-order valence-corrected chi connectivity index (χ2v) is 6.20. The molecule has 116 valence electrons. The quantitative estimate of drug-likeness (QED) is 0.870. The maximum absolute atomic E-state index is 11.6. The minimum Gasteiger partial charge on any atom is -0.352 e. The fourth-order valence-corrected chi connectivity index (χ4v) is 2.99. The largest absolute Gasteiger partial charge is 0.352 e. The number of nitrogens with two attached hydrogens (primary N) is 1. The molecule has 0 radical (unpaired) electrons. The topological polar surface area (TPSA) is 58.4 Å². The predicted octanol–water partition coefficient (Wildman–Crippen LogP) is 1.89. The van der Waals surface area contributed by atoms with Crippen LogP contribution in [0, 0.1) is 0 Å². The van der Waals surface area contributed by atoms with E-state index >= 15 is 0 Å². The van der Waals surface area contributed by atoms with Gasteiger partial charge in [-0.3, -0.25) is 9.69 Å². The summed E-state index contributed by atoms with van der Waals surface area (Å²) in [5, 5.41) is 3.05. The minimum atomic E-state index is -0.413. The second kappa shape index (κ2) is 7.57. The summed E-state index contributed by atoms with van der Waals surface area (Å²) in [6, 6.07) is 11.1. The molecule has 0 heterocycles. The van der Waals surface area contributed by atoms with Gasteiger partial charge in [-0.1, -0.05) is 30.3 Å². The molecule has 1 aliphatic rings. The number of nitrogens with zero attached hydrogens (tertiary/aromatic N) is 1. The zero-order valence-corrected chi connectivity index (χ0v) is 13.1. The molecule has 0 bridgehead atoms. The summed E-state index contributed by atoms with van der Waals surface area (Å²) in [6.45, 7) is 2.72. The lowest BCUT2D eigenvalue weighted by atomic mass is 9.90. The smallest absolute Gasteiger partial charge is 0.236 e. The number of nitrogens with one attached hydrogen (secondary N) is 1. The van der Waals surface area contributed by atoms with Crippen molar-refractivity contribution in [1.29, 1.82) is 0 Å². The van der Waals surface area contributed by atoms with E-state index in [1.54, 1.807) is 6.92 Å². The maximum atomic E-state index is 11.6. The van der Waals surface area contributed by atoms with Gasteiger partial charge in [-0.25, -0.2) is 0 Å². The minimum absolute atomic E-state index is 0.0314. The molecule has 0 saturated heterocycles. The average molecular weight is 289 g/mol. The van der Waals surface area contributed by atoms with Crippen LogP contribution in [0.2, 0.25) is 0 Å². The van der Waals surface area contributed by atoms with Crippen LogP contribution in [0.3, 0.4) is 0 Å². The van der Waals surface area contributed by atoms with Crippen LogP contribution in [-0.4, -0.2) is 36.0 Å². The fourth-order valence-electron chi connectivity index (χ4n) is 2.99. The first-order valence-electron chi connectivity index (χ1n) is 7.86. The Balaban J connectivity index is 1.77. The van der Waals surface area contributed by atoms with Crippen molar-refractivity contribution in [3.05, 3.63) is 35.9 Å². The third-order valence-corrected chi connectivity index (χ3v) is 4.35. The number of benzene rings is 1. The number of hydrogen-bond acceptors (Lipinski definition) is 3. The van der Waals surface area contributed by atoms with Crippen LogP contribution in [0.4, 0.5) is 0 Å².